The van der Waals surface area contributed by atoms with E-state index in [1.54, 1.807) is 7.11 Å². The smallest absolute Gasteiger partial charge is 0.319 e. The first-order chi connectivity index (χ1) is 8.19. The van der Waals surface area contributed by atoms with Crippen molar-refractivity contribution in [2.75, 3.05) is 31.3 Å². The number of hydrogen-bond acceptors (Lipinski definition) is 7. The highest BCUT2D eigenvalue weighted by Crippen LogP contribution is 2.26. The van der Waals surface area contributed by atoms with Crippen LogP contribution in [-0.2, 0) is 4.74 Å². The van der Waals surface area contributed by atoms with Crippen LogP contribution in [0.15, 0.2) is 11.2 Å². The number of ether oxygens (including phenoxy) is 1. The van der Waals surface area contributed by atoms with Gasteiger partial charge in [0.1, 0.15) is 6.20 Å². The van der Waals surface area contributed by atoms with Crippen LogP contribution in [0.4, 0.5) is 11.6 Å². The van der Waals surface area contributed by atoms with Gasteiger partial charge in [0, 0.05) is 19.4 Å². The molecule has 0 saturated carbocycles. The molecule has 1 rings (SSSR count). The molecule has 0 fully saturated rings. The first-order valence-corrected chi connectivity index (χ1v) is 6.04. The molecule has 0 saturated heterocycles. The van der Waals surface area contributed by atoms with Crippen molar-refractivity contribution in [1.82, 2.24) is 9.97 Å². The number of thioether (sulfide) groups is 1. The number of nitrogens with one attached hydrogen (secondary N) is 1. The molecule has 7 nitrogen and oxygen atoms in total. The van der Waals surface area contributed by atoms with Crippen molar-refractivity contribution in [3.05, 3.63) is 16.3 Å². The van der Waals surface area contributed by atoms with Crippen molar-refractivity contribution < 1.29 is 9.66 Å². The van der Waals surface area contributed by atoms with Crippen LogP contribution in [0.1, 0.15) is 6.92 Å². The summed E-state index contributed by atoms with van der Waals surface area (Å²) in [5.41, 5.74) is -0.0762. The van der Waals surface area contributed by atoms with Crippen LogP contribution in [0.2, 0.25) is 0 Å². The third kappa shape index (κ3) is 4.16. The Kier molecular flexibility index (Phi) is 5.64. The summed E-state index contributed by atoms with van der Waals surface area (Å²) in [6.07, 6.45) is 1.22. The van der Waals surface area contributed by atoms with Gasteiger partial charge in [0.05, 0.1) is 11.5 Å². The molecular formula is C9H14N4O3S. The zero-order chi connectivity index (χ0) is 12.7. The van der Waals surface area contributed by atoms with Crippen LogP contribution in [0, 0.1) is 10.1 Å². The second kappa shape index (κ2) is 7.02. The van der Waals surface area contributed by atoms with Gasteiger partial charge in [0.2, 0.25) is 5.95 Å². The lowest BCUT2D eigenvalue weighted by molar-refractivity contribution is -0.388. The summed E-state index contributed by atoms with van der Waals surface area (Å²) in [7, 11) is 1.58. The number of nitro groups is 1. The second-order valence-electron chi connectivity index (χ2n) is 3.01. The largest absolute Gasteiger partial charge is 0.384 e. The van der Waals surface area contributed by atoms with Crippen molar-refractivity contribution in [3.63, 3.8) is 0 Å². The Labute approximate surface area is 103 Å². The Morgan fingerprint density at radius 1 is 1.65 bits per heavy atom. The number of rotatable bonds is 7. The van der Waals surface area contributed by atoms with Crippen molar-refractivity contribution in [3.8, 4) is 0 Å². The highest BCUT2D eigenvalue weighted by molar-refractivity contribution is 7.99. The highest BCUT2D eigenvalue weighted by Gasteiger charge is 2.17. The van der Waals surface area contributed by atoms with Crippen molar-refractivity contribution in [1.29, 1.82) is 0 Å². The van der Waals surface area contributed by atoms with Gasteiger partial charge in [-0.15, -0.1) is 0 Å². The SMILES string of the molecule is CCNc1ncc([N+](=O)[O-])c(SCCOC)n1. The van der Waals surface area contributed by atoms with Crippen LogP contribution in [-0.4, -0.2) is 40.9 Å². The predicted molar refractivity (Wildman–Crippen MR) is 65.5 cm³/mol. The molecule has 0 aliphatic carbocycles. The average molecular weight is 258 g/mol. The van der Waals surface area contributed by atoms with Gasteiger partial charge in [0.15, 0.2) is 5.03 Å². The molecule has 17 heavy (non-hydrogen) atoms. The van der Waals surface area contributed by atoms with Gasteiger partial charge in [-0.2, -0.15) is 4.98 Å². The molecule has 0 bridgehead atoms. The van der Waals surface area contributed by atoms with Crippen LogP contribution in [0.5, 0.6) is 0 Å². The maximum absolute atomic E-state index is 10.8. The standard InChI is InChI=1S/C9H14N4O3S/c1-3-10-9-11-6-7(13(14)15)8(12-9)17-5-4-16-2/h6H,3-5H2,1-2H3,(H,10,11,12). The van der Waals surface area contributed by atoms with Crippen molar-refractivity contribution in [2.45, 2.75) is 11.9 Å². The zero-order valence-electron chi connectivity index (χ0n) is 9.67. The van der Waals surface area contributed by atoms with Crippen LogP contribution < -0.4 is 5.32 Å². The van der Waals surface area contributed by atoms with E-state index in [0.717, 1.165) is 0 Å². The average Bonchev–Trinajstić information content (AvgIpc) is 2.30. The Balaban J connectivity index is 2.86. The van der Waals surface area contributed by atoms with Gasteiger partial charge in [-0.05, 0) is 6.92 Å². The lowest BCUT2D eigenvalue weighted by atomic mass is 10.5. The maximum Gasteiger partial charge on any atom is 0.319 e. The van der Waals surface area contributed by atoms with Gasteiger partial charge < -0.3 is 10.1 Å². The summed E-state index contributed by atoms with van der Waals surface area (Å²) in [4.78, 5) is 18.3. The Morgan fingerprint density at radius 3 is 3.00 bits per heavy atom. The quantitative estimate of drug-likeness (QED) is 0.261. The summed E-state index contributed by atoms with van der Waals surface area (Å²) < 4.78 is 4.89. The molecule has 0 atom stereocenters. The molecule has 8 heteroatoms. The van der Waals surface area contributed by atoms with Crippen LogP contribution in [0.25, 0.3) is 0 Å². The van der Waals surface area contributed by atoms with E-state index < -0.39 is 4.92 Å². The number of hydrogen-bond donors (Lipinski definition) is 1. The fraction of sp³-hybridized carbons (Fsp3) is 0.556. The molecule has 0 radical (unpaired) electrons. The van der Waals surface area contributed by atoms with E-state index in [1.165, 1.54) is 18.0 Å². The molecule has 0 spiro atoms. The first-order valence-electron chi connectivity index (χ1n) is 5.06. The summed E-state index contributed by atoms with van der Waals surface area (Å²) in [5, 5.41) is 14.1. The molecule has 1 aromatic rings. The van der Waals surface area contributed by atoms with Gasteiger partial charge in [-0.3, -0.25) is 10.1 Å². The van der Waals surface area contributed by atoms with Gasteiger partial charge in [-0.1, -0.05) is 11.8 Å². The number of methoxy groups -OCH3 is 1. The minimum absolute atomic E-state index is 0.0762. The van der Waals surface area contributed by atoms with E-state index in [1.807, 2.05) is 6.92 Å². The fourth-order valence-corrected chi connectivity index (χ4v) is 1.93. The third-order valence-electron chi connectivity index (χ3n) is 1.79. The fourth-order valence-electron chi connectivity index (χ4n) is 1.06. The molecule has 1 N–H and O–H groups in total. The molecule has 0 unspecified atom stereocenters. The topological polar surface area (TPSA) is 90.2 Å². The predicted octanol–water partition coefficient (Wildman–Crippen LogP) is 1.56. The first kappa shape index (κ1) is 13.7. The van der Waals surface area contributed by atoms with Crippen LogP contribution in [0.3, 0.4) is 0 Å². The van der Waals surface area contributed by atoms with E-state index >= 15 is 0 Å². The lowest BCUT2D eigenvalue weighted by Crippen LogP contribution is -2.05. The van der Waals surface area contributed by atoms with E-state index in [-0.39, 0.29) is 5.69 Å². The number of anilines is 1. The molecule has 94 valence electrons. The lowest BCUT2D eigenvalue weighted by Gasteiger charge is -2.04. The monoisotopic (exact) mass is 258 g/mol. The van der Waals surface area contributed by atoms with E-state index in [4.69, 9.17) is 4.74 Å². The van der Waals surface area contributed by atoms with Crippen molar-refractivity contribution >= 4 is 23.4 Å². The zero-order valence-corrected chi connectivity index (χ0v) is 10.5. The summed E-state index contributed by atoms with van der Waals surface area (Å²) in [6, 6.07) is 0. The third-order valence-corrected chi connectivity index (χ3v) is 2.74. The van der Waals surface area contributed by atoms with Crippen molar-refractivity contribution in [2.24, 2.45) is 0 Å². The Morgan fingerprint density at radius 2 is 2.41 bits per heavy atom. The van der Waals surface area contributed by atoms with Crippen LogP contribution >= 0.6 is 11.8 Å². The minimum Gasteiger partial charge on any atom is -0.384 e. The minimum atomic E-state index is -0.481. The highest BCUT2D eigenvalue weighted by atomic mass is 32.2. The van der Waals surface area contributed by atoms with Gasteiger partial charge in [0.25, 0.3) is 0 Å². The second-order valence-corrected chi connectivity index (χ2v) is 4.10. The molecule has 0 aliphatic heterocycles. The number of nitrogens with zero attached hydrogens (tertiary/aromatic N) is 3. The summed E-state index contributed by atoms with van der Waals surface area (Å²) >= 11 is 1.28. The molecule has 0 aromatic carbocycles. The van der Waals surface area contributed by atoms with E-state index in [9.17, 15) is 10.1 Å². The van der Waals surface area contributed by atoms with Gasteiger partial charge >= 0.3 is 5.69 Å². The molecular weight excluding hydrogens is 244 g/mol. The van der Waals surface area contributed by atoms with E-state index in [0.29, 0.717) is 29.9 Å². The van der Waals surface area contributed by atoms with Gasteiger partial charge in [-0.25, -0.2) is 4.98 Å². The molecule has 0 aliphatic rings. The normalized spacial score (nSPS) is 10.2. The molecule has 1 heterocycles. The number of aromatic nitrogens is 2. The van der Waals surface area contributed by atoms with E-state index in [2.05, 4.69) is 15.3 Å². The molecule has 1 aromatic heterocycles. The maximum atomic E-state index is 10.8. The summed E-state index contributed by atoms with van der Waals surface area (Å²) in [6.45, 7) is 3.09. The molecule has 0 amide bonds. The Bertz CT molecular complexity index is 389. The summed E-state index contributed by atoms with van der Waals surface area (Å²) in [5.74, 6) is 1.01. The Hall–Kier alpha value is -1.41.